The maximum Gasteiger partial charge on any atom is 0.233 e. The zero-order chi connectivity index (χ0) is 11.4. The van der Waals surface area contributed by atoms with E-state index in [0.717, 1.165) is 0 Å². The highest BCUT2D eigenvalue weighted by Crippen LogP contribution is 2.33. The van der Waals surface area contributed by atoms with Crippen LogP contribution in [-0.4, -0.2) is 40.6 Å². The molecule has 0 amide bonds. The van der Waals surface area contributed by atoms with E-state index < -0.39 is 9.05 Å². The van der Waals surface area contributed by atoms with Crippen molar-refractivity contribution in [3.8, 4) is 0 Å². The average Bonchev–Trinajstić information content (AvgIpc) is 2.14. The highest BCUT2D eigenvalue weighted by molar-refractivity contribution is 8.13. The Hall–Kier alpha value is 0.160. The number of hydrogen-bond donors (Lipinski definition) is 0. The number of rotatable bonds is 5. The zero-order valence-corrected chi connectivity index (χ0v) is 10.4. The zero-order valence-electron chi connectivity index (χ0n) is 8.87. The van der Waals surface area contributed by atoms with E-state index in [0.29, 0.717) is 39.3 Å². The SMILES string of the molecule is CCOCC1(CS(=O)(=O)Cl)CCOCC1. The first kappa shape index (κ1) is 13.2. The van der Waals surface area contributed by atoms with Gasteiger partial charge in [0.1, 0.15) is 0 Å². The van der Waals surface area contributed by atoms with E-state index in [1.54, 1.807) is 0 Å². The first-order valence-electron chi connectivity index (χ1n) is 5.05. The van der Waals surface area contributed by atoms with Gasteiger partial charge in [-0.3, -0.25) is 0 Å². The van der Waals surface area contributed by atoms with Crippen LogP contribution < -0.4 is 0 Å². The Morgan fingerprint density at radius 3 is 2.47 bits per heavy atom. The van der Waals surface area contributed by atoms with Gasteiger partial charge < -0.3 is 9.47 Å². The lowest BCUT2D eigenvalue weighted by Gasteiger charge is -2.35. The Morgan fingerprint density at radius 1 is 1.40 bits per heavy atom. The Balaban J connectivity index is 2.66. The van der Waals surface area contributed by atoms with Crippen LogP contribution in [0.3, 0.4) is 0 Å². The summed E-state index contributed by atoms with van der Waals surface area (Å²) >= 11 is 0. The van der Waals surface area contributed by atoms with Gasteiger partial charge in [0, 0.05) is 35.9 Å². The van der Waals surface area contributed by atoms with Crippen LogP contribution in [0.1, 0.15) is 19.8 Å². The standard InChI is InChI=1S/C9H17ClO4S/c1-2-13-7-9(8-15(10,11)12)3-5-14-6-4-9/h2-8H2,1H3. The molecule has 1 saturated heterocycles. The number of hydrogen-bond acceptors (Lipinski definition) is 4. The minimum absolute atomic E-state index is 0.0229. The Morgan fingerprint density at radius 2 is 2.00 bits per heavy atom. The fourth-order valence-corrected chi connectivity index (χ4v) is 3.62. The molecule has 1 heterocycles. The average molecular weight is 257 g/mol. The van der Waals surface area contributed by atoms with Gasteiger partial charge >= 0.3 is 0 Å². The lowest BCUT2D eigenvalue weighted by atomic mass is 9.83. The predicted octanol–water partition coefficient (Wildman–Crippen LogP) is 1.39. The van der Waals surface area contributed by atoms with E-state index in [-0.39, 0.29) is 11.2 Å². The predicted molar refractivity (Wildman–Crippen MR) is 58.6 cm³/mol. The van der Waals surface area contributed by atoms with Gasteiger partial charge in [0.25, 0.3) is 0 Å². The fourth-order valence-electron chi connectivity index (χ4n) is 1.82. The van der Waals surface area contributed by atoms with E-state index in [1.807, 2.05) is 6.92 Å². The summed E-state index contributed by atoms with van der Waals surface area (Å²) in [4.78, 5) is 0. The molecular formula is C9H17ClO4S. The second kappa shape index (κ2) is 5.48. The van der Waals surface area contributed by atoms with Crippen LogP contribution in [0.15, 0.2) is 0 Å². The molecule has 0 aromatic carbocycles. The molecule has 4 nitrogen and oxygen atoms in total. The number of halogens is 1. The summed E-state index contributed by atoms with van der Waals surface area (Å²) in [5.74, 6) is -0.0229. The topological polar surface area (TPSA) is 52.6 Å². The van der Waals surface area contributed by atoms with Crippen LogP contribution in [-0.2, 0) is 18.5 Å². The number of ether oxygens (including phenoxy) is 2. The van der Waals surface area contributed by atoms with E-state index in [2.05, 4.69) is 0 Å². The summed E-state index contributed by atoms with van der Waals surface area (Å²) in [6.45, 7) is 4.09. The van der Waals surface area contributed by atoms with Crippen LogP contribution in [0.2, 0.25) is 0 Å². The molecule has 0 atom stereocenters. The van der Waals surface area contributed by atoms with Crippen molar-refractivity contribution < 1.29 is 17.9 Å². The maximum absolute atomic E-state index is 11.1. The van der Waals surface area contributed by atoms with Crippen molar-refractivity contribution in [1.82, 2.24) is 0 Å². The summed E-state index contributed by atoms with van der Waals surface area (Å²) in [6, 6.07) is 0. The van der Waals surface area contributed by atoms with E-state index in [4.69, 9.17) is 20.2 Å². The second-order valence-electron chi connectivity index (χ2n) is 3.93. The first-order valence-corrected chi connectivity index (χ1v) is 7.53. The smallest absolute Gasteiger partial charge is 0.233 e. The van der Waals surface area contributed by atoms with E-state index >= 15 is 0 Å². The van der Waals surface area contributed by atoms with Crippen LogP contribution in [0.25, 0.3) is 0 Å². The van der Waals surface area contributed by atoms with Crippen LogP contribution >= 0.6 is 10.7 Å². The van der Waals surface area contributed by atoms with Crippen molar-refractivity contribution in [2.45, 2.75) is 19.8 Å². The van der Waals surface area contributed by atoms with Gasteiger partial charge in [0.15, 0.2) is 0 Å². The molecule has 15 heavy (non-hydrogen) atoms. The minimum Gasteiger partial charge on any atom is -0.381 e. The molecule has 1 rings (SSSR count). The van der Waals surface area contributed by atoms with Gasteiger partial charge in [-0.05, 0) is 19.8 Å². The third kappa shape index (κ3) is 4.68. The maximum atomic E-state index is 11.1. The Bertz CT molecular complexity index is 282. The molecule has 0 spiro atoms. The summed E-state index contributed by atoms with van der Waals surface area (Å²) in [6.07, 6.45) is 1.39. The minimum atomic E-state index is -3.48. The van der Waals surface area contributed by atoms with Gasteiger partial charge in [-0.1, -0.05) is 0 Å². The second-order valence-corrected chi connectivity index (χ2v) is 6.71. The van der Waals surface area contributed by atoms with Crippen LogP contribution in [0.4, 0.5) is 0 Å². The van der Waals surface area contributed by atoms with Crippen molar-refractivity contribution in [3.63, 3.8) is 0 Å². The van der Waals surface area contributed by atoms with Gasteiger partial charge in [-0.15, -0.1) is 0 Å². The van der Waals surface area contributed by atoms with Gasteiger partial charge in [0.05, 0.1) is 12.4 Å². The van der Waals surface area contributed by atoms with E-state index in [9.17, 15) is 8.42 Å². The summed E-state index contributed by atoms with van der Waals surface area (Å²) in [7, 11) is 1.83. The molecule has 0 radical (unpaired) electrons. The molecule has 0 unspecified atom stereocenters. The molecule has 0 bridgehead atoms. The van der Waals surface area contributed by atoms with E-state index in [1.165, 1.54) is 0 Å². The molecular weight excluding hydrogens is 240 g/mol. The molecule has 1 aliphatic heterocycles. The first-order chi connectivity index (χ1) is 6.97. The molecule has 1 aliphatic rings. The third-order valence-electron chi connectivity index (χ3n) is 2.64. The Kier molecular flexibility index (Phi) is 4.83. The highest BCUT2D eigenvalue weighted by Gasteiger charge is 2.36. The molecule has 0 aromatic heterocycles. The van der Waals surface area contributed by atoms with Crippen molar-refractivity contribution in [2.24, 2.45) is 5.41 Å². The molecule has 0 saturated carbocycles. The molecule has 6 heteroatoms. The lowest BCUT2D eigenvalue weighted by Crippen LogP contribution is -2.39. The fraction of sp³-hybridized carbons (Fsp3) is 1.00. The normalized spacial score (nSPS) is 21.5. The van der Waals surface area contributed by atoms with Gasteiger partial charge in [0.2, 0.25) is 9.05 Å². The quantitative estimate of drug-likeness (QED) is 0.698. The largest absolute Gasteiger partial charge is 0.381 e. The van der Waals surface area contributed by atoms with Crippen LogP contribution in [0.5, 0.6) is 0 Å². The van der Waals surface area contributed by atoms with Crippen LogP contribution in [0, 0.1) is 5.41 Å². The molecule has 1 fully saturated rings. The summed E-state index contributed by atoms with van der Waals surface area (Å²) in [5.41, 5.74) is -0.352. The molecule has 0 N–H and O–H groups in total. The Labute approximate surface area is 95.3 Å². The van der Waals surface area contributed by atoms with Crippen molar-refractivity contribution in [1.29, 1.82) is 0 Å². The third-order valence-corrected chi connectivity index (χ3v) is 3.93. The van der Waals surface area contributed by atoms with Gasteiger partial charge in [-0.25, -0.2) is 8.42 Å². The lowest BCUT2D eigenvalue weighted by molar-refractivity contribution is -0.0251. The highest BCUT2D eigenvalue weighted by atomic mass is 35.7. The molecule has 0 aromatic rings. The molecule has 90 valence electrons. The van der Waals surface area contributed by atoms with Crippen molar-refractivity contribution in [2.75, 3.05) is 32.2 Å². The van der Waals surface area contributed by atoms with Crippen molar-refractivity contribution >= 4 is 19.7 Å². The summed E-state index contributed by atoms with van der Waals surface area (Å²) in [5, 5.41) is 0. The van der Waals surface area contributed by atoms with Gasteiger partial charge in [-0.2, -0.15) is 0 Å². The van der Waals surface area contributed by atoms with Crippen molar-refractivity contribution in [3.05, 3.63) is 0 Å². The summed E-state index contributed by atoms with van der Waals surface area (Å²) < 4.78 is 32.8. The molecule has 0 aliphatic carbocycles. The monoisotopic (exact) mass is 256 g/mol.